The molecule has 20 heavy (non-hydrogen) atoms. The van der Waals surface area contributed by atoms with Crippen LogP contribution in [-0.2, 0) is 6.42 Å². The lowest BCUT2D eigenvalue weighted by molar-refractivity contribution is 0.247. The molecule has 1 heterocycles. The van der Waals surface area contributed by atoms with Crippen LogP contribution in [0.2, 0.25) is 0 Å². The summed E-state index contributed by atoms with van der Waals surface area (Å²) in [5.74, 6) is 1.34. The molecule has 0 bridgehead atoms. The Morgan fingerprint density at radius 2 is 1.90 bits per heavy atom. The Morgan fingerprint density at radius 1 is 1.20 bits per heavy atom. The molecule has 0 amide bonds. The maximum Gasteiger partial charge on any atom is 0.228 e. The number of nitrogens with one attached hydrogen (secondary N) is 1. The maximum atomic E-state index is 5.39. The number of rotatable bonds is 5. The van der Waals surface area contributed by atoms with Gasteiger partial charge in [-0.05, 0) is 12.0 Å². The van der Waals surface area contributed by atoms with Gasteiger partial charge in [-0.25, -0.2) is 0 Å². The molecule has 0 aliphatic carbocycles. The summed E-state index contributed by atoms with van der Waals surface area (Å²) in [6, 6.07) is 10.2. The Bertz CT molecular complexity index is 528. The van der Waals surface area contributed by atoms with Gasteiger partial charge in [-0.2, -0.15) is 4.98 Å². The molecule has 0 saturated heterocycles. The highest BCUT2D eigenvalue weighted by Gasteiger charge is 2.26. The summed E-state index contributed by atoms with van der Waals surface area (Å²) in [5.41, 5.74) is 1.13. The van der Waals surface area contributed by atoms with Gasteiger partial charge in [0.05, 0.1) is 0 Å². The molecular formula is C16H23N3O. The molecule has 0 aliphatic rings. The molecule has 1 aromatic carbocycles. The summed E-state index contributed by atoms with van der Waals surface area (Å²) in [6.07, 6.45) is 0.747. The molecule has 2 rings (SSSR count). The molecule has 0 spiro atoms. The topological polar surface area (TPSA) is 51.0 Å². The first kappa shape index (κ1) is 14.7. The Morgan fingerprint density at radius 3 is 2.50 bits per heavy atom. The Balaban J connectivity index is 2.13. The van der Waals surface area contributed by atoms with Crippen molar-refractivity contribution in [3.8, 4) is 11.4 Å². The fourth-order valence-corrected chi connectivity index (χ4v) is 2.15. The standard InChI is InChI=1S/C16H23N3O/c1-5-17-13(16(2,3)4)11-14-18-15(19-20-14)12-9-7-6-8-10-12/h6-10,13,17H,5,11H2,1-4H3. The third kappa shape index (κ3) is 3.67. The van der Waals surface area contributed by atoms with Gasteiger partial charge in [0, 0.05) is 18.0 Å². The van der Waals surface area contributed by atoms with Gasteiger partial charge in [-0.15, -0.1) is 0 Å². The van der Waals surface area contributed by atoms with Crippen LogP contribution in [0, 0.1) is 5.41 Å². The third-order valence-corrected chi connectivity index (χ3v) is 3.37. The highest BCUT2D eigenvalue weighted by Crippen LogP contribution is 2.23. The second-order valence-corrected chi connectivity index (χ2v) is 6.06. The van der Waals surface area contributed by atoms with E-state index in [2.05, 4.69) is 43.2 Å². The summed E-state index contributed by atoms with van der Waals surface area (Å²) in [5, 5.41) is 7.56. The number of hydrogen-bond donors (Lipinski definition) is 1. The molecule has 1 atom stereocenters. The van der Waals surface area contributed by atoms with Gasteiger partial charge in [0.15, 0.2) is 0 Å². The van der Waals surface area contributed by atoms with E-state index in [1.54, 1.807) is 0 Å². The molecule has 1 aromatic heterocycles. The van der Waals surface area contributed by atoms with Crippen molar-refractivity contribution in [2.75, 3.05) is 6.54 Å². The van der Waals surface area contributed by atoms with Crippen LogP contribution in [-0.4, -0.2) is 22.7 Å². The van der Waals surface area contributed by atoms with Gasteiger partial charge in [0.2, 0.25) is 11.7 Å². The summed E-state index contributed by atoms with van der Waals surface area (Å²) in [7, 11) is 0. The van der Waals surface area contributed by atoms with Gasteiger partial charge in [-0.1, -0.05) is 63.2 Å². The van der Waals surface area contributed by atoms with Crippen LogP contribution in [0.4, 0.5) is 0 Å². The average molecular weight is 273 g/mol. The molecule has 0 fully saturated rings. The lowest BCUT2D eigenvalue weighted by Gasteiger charge is -2.30. The van der Waals surface area contributed by atoms with E-state index in [4.69, 9.17) is 4.52 Å². The lowest BCUT2D eigenvalue weighted by atomic mass is 9.84. The number of nitrogens with zero attached hydrogens (tertiary/aromatic N) is 2. The maximum absolute atomic E-state index is 5.39. The monoisotopic (exact) mass is 273 g/mol. The minimum Gasteiger partial charge on any atom is -0.339 e. The van der Waals surface area contributed by atoms with Crippen LogP contribution < -0.4 is 5.32 Å². The van der Waals surface area contributed by atoms with E-state index >= 15 is 0 Å². The molecule has 1 N–H and O–H groups in total. The van der Waals surface area contributed by atoms with E-state index in [-0.39, 0.29) is 5.41 Å². The van der Waals surface area contributed by atoms with Crippen molar-refractivity contribution in [2.45, 2.75) is 40.2 Å². The molecule has 4 nitrogen and oxygen atoms in total. The predicted octanol–water partition coefficient (Wildman–Crippen LogP) is 3.30. The number of aromatic nitrogens is 2. The van der Waals surface area contributed by atoms with Crippen LogP contribution in [0.3, 0.4) is 0 Å². The quantitative estimate of drug-likeness (QED) is 0.908. The van der Waals surface area contributed by atoms with Crippen molar-refractivity contribution in [1.29, 1.82) is 0 Å². The van der Waals surface area contributed by atoms with Gasteiger partial charge in [0.1, 0.15) is 0 Å². The first-order valence-corrected chi connectivity index (χ1v) is 7.12. The Hall–Kier alpha value is -1.68. The second-order valence-electron chi connectivity index (χ2n) is 6.06. The van der Waals surface area contributed by atoms with E-state index in [0.717, 1.165) is 18.5 Å². The Kier molecular flexibility index (Phi) is 4.55. The zero-order valence-corrected chi connectivity index (χ0v) is 12.7. The van der Waals surface area contributed by atoms with Crippen LogP contribution >= 0.6 is 0 Å². The highest BCUT2D eigenvalue weighted by molar-refractivity contribution is 5.53. The van der Waals surface area contributed by atoms with Gasteiger partial charge >= 0.3 is 0 Å². The van der Waals surface area contributed by atoms with E-state index < -0.39 is 0 Å². The fourth-order valence-electron chi connectivity index (χ4n) is 2.15. The van der Waals surface area contributed by atoms with E-state index in [1.165, 1.54) is 0 Å². The molecule has 0 saturated carbocycles. The molecule has 0 aliphatic heterocycles. The summed E-state index contributed by atoms with van der Waals surface area (Å²) >= 11 is 0. The lowest BCUT2D eigenvalue weighted by Crippen LogP contribution is -2.41. The fraction of sp³-hybridized carbons (Fsp3) is 0.500. The van der Waals surface area contributed by atoms with E-state index in [0.29, 0.717) is 17.8 Å². The normalized spacial score (nSPS) is 13.4. The van der Waals surface area contributed by atoms with Crippen molar-refractivity contribution >= 4 is 0 Å². The van der Waals surface area contributed by atoms with Crippen molar-refractivity contribution in [3.63, 3.8) is 0 Å². The van der Waals surface area contributed by atoms with E-state index in [1.807, 2.05) is 30.3 Å². The smallest absolute Gasteiger partial charge is 0.228 e. The molecular weight excluding hydrogens is 250 g/mol. The summed E-state index contributed by atoms with van der Waals surface area (Å²) < 4.78 is 5.39. The van der Waals surface area contributed by atoms with E-state index in [9.17, 15) is 0 Å². The highest BCUT2D eigenvalue weighted by atomic mass is 16.5. The van der Waals surface area contributed by atoms with Gasteiger partial charge < -0.3 is 9.84 Å². The minimum absolute atomic E-state index is 0.150. The molecule has 1 unspecified atom stereocenters. The average Bonchev–Trinajstić information content (AvgIpc) is 2.87. The predicted molar refractivity (Wildman–Crippen MR) is 80.4 cm³/mol. The van der Waals surface area contributed by atoms with Crippen molar-refractivity contribution in [1.82, 2.24) is 15.5 Å². The van der Waals surface area contributed by atoms with Crippen molar-refractivity contribution in [3.05, 3.63) is 36.2 Å². The summed E-state index contributed by atoms with van der Waals surface area (Å²) in [6.45, 7) is 9.70. The third-order valence-electron chi connectivity index (χ3n) is 3.37. The first-order chi connectivity index (χ1) is 9.50. The van der Waals surface area contributed by atoms with Crippen LogP contribution in [0.1, 0.15) is 33.6 Å². The van der Waals surface area contributed by atoms with Crippen LogP contribution in [0.5, 0.6) is 0 Å². The molecule has 0 radical (unpaired) electrons. The first-order valence-electron chi connectivity index (χ1n) is 7.12. The SMILES string of the molecule is CCNC(Cc1nc(-c2ccccc2)no1)C(C)(C)C. The van der Waals surface area contributed by atoms with Crippen LogP contribution in [0.15, 0.2) is 34.9 Å². The van der Waals surface area contributed by atoms with Crippen LogP contribution in [0.25, 0.3) is 11.4 Å². The molecule has 108 valence electrons. The summed E-state index contributed by atoms with van der Waals surface area (Å²) in [4.78, 5) is 4.50. The van der Waals surface area contributed by atoms with Crippen molar-refractivity contribution in [2.24, 2.45) is 5.41 Å². The van der Waals surface area contributed by atoms with Gasteiger partial charge in [-0.3, -0.25) is 0 Å². The number of hydrogen-bond acceptors (Lipinski definition) is 4. The zero-order valence-electron chi connectivity index (χ0n) is 12.7. The number of benzene rings is 1. The minimum atomic E-state index is 0.150. The molecule has 4 heteroatoms. The van der Waals surface area contributed by atoms with Crippen molar-refractivity contribution < 1.29 is 4.52 Å². The largest absolute Gasteiger partial charge is 0.339 e. The number of likely N-dealkylation sites (N-methyl/N-ethyl adjacent to an activating group) is 1. The zero-order chi connectivity index (χ0) is 14.6. The Labute approximate surface area is 120 Å². The molecule has 2 aromatic rings. The second kappa shape index (κ2) is 6.18. The van der Waals surface area contributed by atoms with Gasteiger partial charge in [0.25, 0.3) is 0 Å².